The van der Waals surface area contributed by atoms with Gasteiger partial charge in [-0.25, -0.2) is 13.2 Å². The number of carbonyl (C=O) groups is 2. The van der Waals surface area contributed by atoms with Gasteiger partial charge in [0.2, 0.25) is 0 Å². The molecular formula is C30H30N2O5S. The van der Waals surface area contributed by atoms with Crippen LogP contribution < -0.4 is 4.31 Å². The second kappa shape index (κ2) is 8.98. The van der Waals surface area contributed by atoms with Crippen LogP contribution in [0.5, 0.6) is 0 Å². The number of ether oxygens (including phenoxy) is 1. The van der Waals surface area contributed by atoms with Crippen LogP contribution in [0.15, 0.2) is 83.8 Å². The fourth-order valence-electron chi connectivity index (χ4n) is 6.73. The maximum absolute atomic E-state index is 14.3. The molecule has 2 heterocycles. The van der Waals surface area contributed by atoms with E-state index in [0.717, 1.165) is 16.7 Å². The zero-order chi connectivity index (χ0) is 26.7. The van der Waals surface area contributed by atoms with Crippen molar-refractivity contribution in [1.82, 2.24) is 4.90 Å². The Balaban J connectivity index is 1.44. The number of hydrogen-bond donors (Lipinski definition) is 0. The van der Waals surface area contributed by atoms with Crippen molar-refractivity contribution in [3.8, 4) is 0 Å². The van der Waals surface area contributed by atoms with Crippen LogP contribution in [0, 0.1) is 12.8 Å². The van der Waals surface area contributed by atoms with E-state index >= 15 is 0 Å². The molecule has 4 atom stereocenters. The average molecular weight is 531 g/mol. The Labute approximate surface area is 223 Å². The van der Waals surface area contributed by atoms with Gasteiger partial charge in [0.15, 0.2) is 0 Å². The summed E-state index contributed by atoms with van der Waals surface area (Å²) < 4.78 is 35.7. The summed E-state index contributed by atoms with van der Waals surface area (Å²) >= 11 is 0. The molecule has 0 spiro atoms. The number of anilines is 1. The number of carbonyl (C=O) groups excluding carboxylic acids is 2. The van der Waals surface area contributed by atoms with Crippen LogP contribution in [0.4, 0.5) is 10.5 Å². The Morgan fingerprint density at radius 3 is 2.42 bits per heavy atom. The van der Waals surface area contributed by atoms with Gasteiger partial charge in [0.1, 0.15) is 12.4 Å². The minimum absolute atomic E-state index is 0.0381. The first-order valence-electron chi connectivity index (χ1n) is 13.0. The molecule has 196 valence electrons. The largest absolute Gasteiger partial charge is 0.445 e. The number of ketones is 1. The summed E-state index contributed by atoms with van der Waals surface area (Å²) in [5, 5.41) is 0. The highest BCUT2D eigenvalue weighted by atomic mass is 32.2. The Kier molecular flexibility index (Phi) is 5.83. The van der Waals surface area contributed by atoms with Crippen LogP contribution >= 0.6 is 0 Å². The van der Waals surface area contributed by atoms with E-state index in [9.17, 15) is 18.0 Å². The minimum Gasteiger partial charge on any atom is -0.445 e. The SMILES string of the molecule is Cc1ccc(S(=O)(=O)N2c3ccccc3[C@@]34CCN(C(=O)OCc5ccccc5)[C@@H](CC(=O)C3C)C24)cc1. The number of fused-ring (bicyclic) bond motifs is 1. The quantitative estimate of drug-likeness (QED) is 0.483. The lowest BCUT2D eigenvalue weighted by Crippen LogP contribution is -2.70. The van der Waals surface area contributed by atoms with Crippen LogP contribution in [-0.2, 0) is 31.6 Å². The number of aryl methyl sites for hydroxylation is 1. The summed E-state index contributed by atoms with van der Waals surface area (Å²) in [6, 6.07) is 22.5. The molecule has 2 unspecified atom stereocenters. The number of benzene rings is 3. The number of sulfonamides is 1. The smallest absolute Gasteiger partial charge is 0.410 e. The van der Waals surface area contributed by atoms with Crippen molar-refractivity contribution in [3.05, 3.63) is 95.6 Å². The molecule has 0 radical (unpaired) electrons. The highest BCUT2D eigenvalue weighted by Crippen LogP contribution is 2.59. The van der Waals surface area contributed by atoms with E-state index in [1.807, 2.05) is 68.4 Å². The predicted molar refractivity (Wildman–Crippen MR) is 143 cm³/mol. The Morgan fingerprint density at radius 1 is 1.00 bits per heavy atom. The van der Waals surface area contributed by atoms with E-state index in [1.54, 1.807) is 29.2 Å². The second-order valence-corrected chi connectivity index (χ2v) is 12.4. The third-order valence-electron chi connectivity index (χ3n) is 8.64. The second-order valence-electron chi connectivity index (χ2n) is 10.6. The Morgan fingerprint density at radius 2 is 1.68 bits per heavy atom. The van der Waals surface area contributed by atoms with E-state index in [1.165, 1.54) is 4.31 Å². The van der Waals surface area contributed by atoms with Crippen LogP contribution in [0.1, 0.15) is 36.5 Å². The lowest BCUT2D eigenvalue weighted by molar-refractivity contribution is -0.132. The topological polar surface area (TPSA) is 84.0 Å². The summed E-state index contributed by atoms with van der Waals surface area (Å²) in [6.45, 7) is 4.32. The minimum atomic E-state index is -3.99. The highest BCUT2D eigenvalue weighted by Gasteiger charge is 2.67. The Bertz CT molecular complexity index is 1510. The van der Waals surface area contributed by atoms with Gasteiger partial charge in [-0.15, -0.1) is 0 Å². The van der Waals surface area contributed by atoms with Crippen LogP contribution in [0.2, 0.25) is 0 Å². The van der Waals surface area contributed by atoms with Crippen molar-refractivity contribution in [3.63, 3.8) is 0 Å². The van der Waals surface area contributed by atoms with Gasteiger partial charge in [-0.1, -0.05) is 73.2 Å². The van der Waals surface area contributed by atoms with Gasteiger partial charge >= 0.3 is 6.09 Å². The molecule has 38 heavy (non-hydrogen) atoms. The van der Waals surface area contributed by atoms with Gasteiger partial charge in [-0.2, -0.15) is 0 Å². The Hall–Kier alpha value is -3.65. The summed E-state index contributed by atoms with van der Waals surface area (Å²) in [6.07, 6.45) is 0.0267. The molecule has 1 saturated carbocycles. The van der Waals surface area contributed by atoms with Gasteiger partial charge in [0.05, 0.1) is 22.7 Å². The summed E-state index contributed by atoms with van der Waals surface area (Å²) in [4.78, 5) is 28.6. The number of para-hydroxylation sites is 1. The van der Waals surface area contributed by atoms with Crippen molar-refractivity contribution in [2.24, 2.45) is 5.92 Å². The first-order chi connectivity index (χ1) is 18.2. The molecule has 3 aromatic carbocycles. The van der Waals surface area contributed by atoms with Crippen molar-refractivity contribution >= 4 is 27.6 Å². The zero-order valence-corrected chi connectivity index (χ0v) is 22.2. The lowest BCUT2D eigenvalue weighted by atomic mass is 9.56. The predicted octanol–water partition coefficient (Wildman–Crippen LogP) is 4.83. The summed E-state index contributed by atoms with van der Waals surface area (Å²) in [7, 11) is -3.99. The van der Waals surface area contributed by atoms with Crippen LogP contribution in [-0.4, -0.2) is 43.8 Å². The number of piperidine rings is 1. The van der Waals surface area contributed by atoms with E-state index in [4.69, 9.17) is 4.74 Å². The van der Waals surface area contributed by atoms with Crippen molar-refractivity contribution in [1.29, 1.82) is 0 Å². The molecule has 3 aromatic rings. The molecule has 2 fully saturated rings. The van der Waals surface area contributed by atoms with Crippen molar-refractivity contribution in [2.75, 3.05) is 10.8 Å². The monoisotopic (exact) mass is 530 g/mol. The van der Waals surface area contributed by atoms with Gasteiger partial charge in [0.25, 0.3) is 10.0 Å². The van der Waals surface area contributed by atoms with E-state index < -0.39 is 33.6 Å². The van der Waals surface area contributed by atoms with Gasteiger partial charge in [-0.3, -0.25) is 9.10 Å². The number of likely N-dealkylation sites (tertiary alicyclic amines) is 1. The van der Waals surface area contributed by atoms with Crippen LogP contribution in [0.25, 0.3) is 0 Å². The molecule has 0 aromatic heterocycles. The molecule has 1 amide bonds. The molecule has 1 aliphatic carbocycles. The molecule has 7 nitrogen and oxygen atoms in total. The first-order valence-corrected chi connectivity index (χ1v) is 14.4. The standard InChI is InChI=1S/C30H30N2O5S/c1-20-12-14-23(15-13-20)38(35,36)32-25-11-7-6-10-24(25)30-16-17-31(26(28(30)32)18-27(33)21(30)2)29(34)37-19-22-8-4-3-5-9-22/h3-15,21,26,28H,16-19H2,1-2H3/t21?,26-,28?,30+/m0/s1. The van der Waals surface area contributed by atoms with E-state index in [-0.39, 0.29) is 29.6 Å². The molecule has 1 saturated heterocycles. The third-order valence-corrected chi connectivity index (χ3v) is 10.4. The highest BCUT2D eigenvalue weighted by molar-refractivity contribution is 7.93. The average Bonchev–Trinajstić information content (AvgIpc) is 3.25. The fraction of sp³-hybridized carbons (Fsp3) is 0.333. The molecule has 2 aliphatic heterocycles. The summed E-state index contributed by atoms with van der Waals surface area (Å²) in [5.41, 5.74) is 2.55. The lowest BCUT2D eigenvalue weighted by Gasteiger charge is -2.56. The third kappa shape index (κ3) is 3.57. The van der Waals surface area contributed by atoms with Crippen LogP contribution in [0.3, 0.4) is 0 Å². The van der Waals surface area contributed by atoms with Gasteiger partial charge in [-0.05, 0) is 42.7 Å². The molecule has 8 heteroatoms. The van der Waals surface area contributed by atoms with E-state index in [2.05, 4.69) is 0 Å². The molecule has 0 N–H and O–H groups in total. The van der Waals surface area contributed by atoms with Gasteiger partial charge in [0, 0.05) is 24.3 Å². The molecule has 3 aliphatic rings. The fourth-order valence-corrected chi connectivity index (χ4v) is 8.48. The number of rotatable bonds is 4. The number of nitrogens with zero attached hydrogens (tertiary/aromatic N) is 2. The van der Waals surface area contributed by atoms with Gasteiger partial charge < -0.3 is 9.64 Å². The first kappa shape index (κ1) is 24.7. The van der Waals surface area contributed by atoms with Crippen molar-refractivity contribution in [2.45, 2.75) is 55.7 Å². The maximum Gasteiger partial charge on any atom is 0.410 e. The zero-order valence-electron chi connectivity index (χ0n) is 21.4. The van der Waals surface area contributed by atoms with E-state index in [0.29, 0.717) is 18.7 Å². The summed E-state index contributed by atoms with van der Waals surface area (Å²) in [5.74, 6) is -0.346. The number of hydrogen-bond acceptors (Lipinski definition) is 5. The number of amides is 1. The normalized spacial score (nSPS) is 26.1. The van der Waals surface area contributed by atoms with Crippen molar-refractivity contribution < 1.29 is 22.7 Å². The molecule has 2 bridgehead atoms. The number of Topliss-reactive ketones (excluding diaryl/α,β-unsaturated/α-hetero) is 1. The molecule has 6 rings (SSSR count). The maximum atomic E-state index is 14.3. The molecular weight excluding hydrogens is 500 g/mol.